The van der Waals surface area contributed by atoms with Crippen LogP contribution in [0.5, 0.6) is 0 Å². The number of hydrogen-bond donors (Lipinski definition) is 0. The maximum absolute atomic E-state index is 13.3. The zero-order chi connectivity index (χ0) is 15.6. The number of hydrogen-bond acceptors (Lipinski definition) is 2. The van der Waals surface area contributed by atoms with Crippen molar-refractivity contribution in [1.29, 1.82) is 5.26 Å². The van der Waals surface area contributed by atoms with Crippen molar-refractivity contribution in [1.82, 2.24) is 4.98 Å². The van der Waals surface area contributed by atoms with Crippen molar-refractivity contribution >= 4 is 0 Å². The van der Waals surface area contributed by atoms with Gasteiger partial charge >= 0.3 is 6.18 Å². The molecule has 0 saturated heterocycles. The van der Waals surface area contributed by atoms with Crippen LogP contribution < -0.4 is 0 Å². The van der Waals surface area contributed by atoms with E-state index >= 15 is 0 Å². The summed E-state index contributed by atoms with van der Waals surface area (Å²) in [7, 11) is 0. The van der Waals surface area contributed by atoms with E-state index < -0.39 is 11.7 Å². The van der Waals surface area contributed by atoms with Crippen molar-refractivity contribution in [3.05, 3.63) is 53.3 Å². The van der Waals surface area contributed by atoms with Crippen LogP contribution in [-0.4, -0.2) is 4.98 Å². The SMILES string of the molecule is CC(C)c1cc(C(F)(F)F)c(-c2cccc(C#N)c2)cn1. The Kier molecular flexibility index (Phi) is 3.99. The average Bonchev–Trinajstić information content (AvgIpc) is 2.45. The van der Waals surface area contributed by atoms with Gasteiger partial charge < -0.3 is 0 Å². The molecule has 0 bridgehead atoms. The zero-order valence-electron chi connectivity index (χ0n) is 11.6. The average molecular weight is 290 g/mol. The van der Waals surface area contributed by atoms with Gasteiger partial charge in [-0.3, -0.25) is 4.98 Å². The van der Waals surface area contributed by atoms with E-state index in [0.29, 0.717) is 16.8 Å². The summed E-state index contributed by atoms with van der Waals surface area (Å²) in [6, 6.07) is 9.09. The first-order chi connectivity index (χ1) is 9.82. The molecule has 5 heteroatoms. The second-order valence-electron chi connectivity index (χ2n) is 5.00. The highest BCUT2D eigenvalue weighted by Crippen LogP contribution is 2.38. The molecule has 0 spiro atoms. The highest BCUT2D eigenvalue weighted by atomic mass is 19.4. The van der Waals surface area contributed by atoms with Gasteiger partial charge in [-0.05, 0) is 29.7 Å². The van der Waals surface area contributed by atoms with Gasteiger partial charge in [0.15, 0.2) is 0 Å². The van der Waals surface area contributed by atoms with Gasteiger partial charge in [0.25, 0.3) is 0 Å². The lowest BCUT2D eigenvalue weighted by molar-refractivity contribution is -0.137. The third-order valence-electron chi connectivity index (χ3n) is 3.12. The van der Waals surface area contributed by atoms with E-state index in [0.717, 1.165) is 6.07 Å². The predicted molar refractivity (Wildman–Crippen MR) is 73.5 cm³/mol. The van der Waals surface area contributed by atoms with E-state index in [1.807, 2.05) is 6.07 Å². The van der Waals surface area contributed by atoms with Crippen molar-refractivity contribution in [3.8, 4) is 17.2 Å². The largest absolute Gasteiger partial charge is 0.417 e. The molecule has 2 nitrogen and oxygen atoms in total. The van der Waals surface area contributed by atoms with Crippen molar-refractivity contribution in [2.24, 2.45) is 0 Å². The van der Waals surface area contributed by atoms with Gasteiger partial charge in [0.2, 0.25) is 0 Å². The van der Waals surface area contributed by atoms with E-state index in [9.17, 15) is 13.2 Å². The molecule has 0 fully saturated rings. The molecule has 0 atom stereocenters. The van der Waals surface area contributed by atoms with Crippen molar-refractivity contribution in [2.45, 2.75) is 25.9 Å². The summed E-state index contributed by atoms with van der Waals surface area (Å²) in [5.74, 6) is -0.0920. The zero-order valence-corrected chi connectivity index (χ0v) is 11.6. The Hall–Kier alpha value is -2.35. The van der Waals surface area contributed by atoms with Gasteiger partial charge in [0, 0.05) is 17.5 Å². The summed E-state index contributed by atoms with van der Waals surface area (Å²) in [4.78, 5) is 4.10. The summed E-state index contributed by atoms with van der Waals surface area (Å²) in [6.07, 6.45) is -3.24. The Morgan fingerprint density at radius 2 is 1.90 bits per heavy atom. The molecule has 0 amide bonds. The first-order valence-electron chi connectivity index (χ1n) is 6.40. The molecule has 0 unspecified atom stereocenters. The number of halogens is 3. The van der Waals surface area contributed by atoms with Crippen LogP contribution in [0.15, 0.2) is 36.5 Å². The quantitative estimate of drug-likeness (QED) is 0.799. The Bertz CT molecular complexity index is 697. The fourth-order valence-electron chi connectivity index (χ4n) is 2.01. The van der Waals surface area contributed by atoms with Gasteiger partial charge in [0.05, 0.1) is 17.2 Å². The normalized spacial score (nSPS) is 11.5. The topological polar surface area (TPSA) is 36.7 Å². The van der Waals surface area contributed by atoms with E-state index in [-0.39, 0.29) is 11.5 Å². The minimum Gasteiger partial charge on any atom is -0.260 e. The van der Waals surface area contributed by atoms with Crippen molar-refractivity contribution in [3.63, 3.8) is 0 Å². The van der Waals surface area contributed by atoms with Gasteiger partial charge in [0.1, 0.15) is 0 Å². The summed E-state index contributed by atoms with van der Waals surface area (Å²) in [5.41, 5.74) is 0.306. The molecule has 0 N–H and O–H groups in total. The van der Waals surface area contributed by atoms with Crippen LogP contribution in [0.2, 0.25) is 0 Å². The standard InChI is InChI=1S/C16H13F3N2/c1-10(2)15-7-14(16(17,18)19)13(9-21-15)12-5-3-4-11(6-12)8-20/h3-7,9-10H,1-2H3. The van der Waals surface area contributed by atoms with E-state index in [4.69, 9.17) is 5.26 Å². The maximum atomic E-state index is 13.3. The first-order valence-corrected chi connectivity index (χ1v) is 6.40. The number of nitrogens with zero attached hydrogens (tertiary/aromatic N) is 2. The van der Waals surface area contributed by atoms with Gasteiger partial charge in [-0.2, -0.15) is 18.4 Å². The summed E-state index contributed by atoms with van der Waals surface area (Å²) >= 11 is 0. The van der Waals surface area contributed by atoms with Gasteiger partial charge in [-0.1, -0.05) is 26.0 Å². The molecule has 21 heavy (non-hydrogen) atoms. The lowest BCUT2D eigenvalue weighted by atomic mass is 9.97. The summed E-state index contributed by atoms with van der Waals surface area (Å²) < 4.78 is 39.8. The van der Waals surface area contributed by atoms with Crippen LogP contribution in [-0.2, 0) is 6.18 Å². The number of alkyl halides is 3. The molecule has 1 heterocycles. The van der Waals surface area contributed by atoms with E-state index in [1.54, 1.807) is 32.0 Å². The van der Waals surface area contributed by atoms with Crippen molar-refractivity contribution in [2.75, 3.05) is 0 Å². The number of benzene rings is 1. The molecule has 108 valence electrons. The van der Waals surface area contributed by atoms with Crippen molar-refractivity contribution < 1.29 is 13.2 Å². The second-order valence-corrected chi connectivity index (χ2v) is 5.00. The van der Waals surface area contributed by atoms with Gasteiger partial charge in [-0.15, -0.1) is 0 Å². The third kappa shape index (κ3) is 3.22. The lowest BCUT2D eigenvalue weighted by Crippen LogP contribution is -2.09. The van der Waals surface area contributed by atoms with Crippen LogP contribution in [0.25, 0.3) is 11.1 Å². The molecule has 0 saturated carbocycles. The number of nitriles is 1. The fourth-order valence-corrected chi connectivity index (χ4v) is 2.01. The molecule has 0 radical (unpaired) electrons. The maximum Gasteiger partial charge on any atom is 0.417 e. The smallest absolute Gasteiger partial charge is 0.260 e. The molecular formula is C16H13F3N2. The Balaban J connectivity index is 2.65. The third-order valence-corrected chi connectivity index (χ3v) is 3.12. The minimum absolute atomic E-state index is 0.0102. The van der Waals surface area contributed by atoms with Crippen LogP contribution in [0.3, 0.4) is 0 Å². The van der Waals surface area contributed by atoms with Crippen LogP contribution >= 0.6 is 0 Å². The Morgan fingerprint density at radius 3 is 2.48 bits per heavy atom. The number of aromatic nitrogens is 1. The highest BCUT2D eigenvalue weighted by molar-refractivity contribution is 5.68. The molecule has 0 aliphatic rings. The lowest BCUT2D eigenvalue weighted by Gasteiger charge is -2.15. The molecule has 1 aromatic heterocycles. The predicted octanol–water partition coefficient (Wildman–Crippen LogP) is 4.76. The Morgan fingerprint density at radius 1 is 1.19 bits per heavy atom. The van der Waals surface area contributed by atoms with Crippen LogP contribution in [0.4, 0.5) is 13.2 Å². The molecule has 0 aliphatic carbocycles. The monoisotopic (exact) mass is 290 g/mol. The van der Waals surface area contributed by atoms with Crippen LogP contribution in [0, 0.1) is 11.3 Å². The first kappa shape index (κ1) is 15.0. The Labute approximate surface area is 120 Å². The minimum atomic E-state index is -4.47. The highest BCUT2D eigenvalue weighted by Gasteiger charge is 2.34. The molecule has 1 aromatic carbocycles. The number of rotatable bonds is 2. The van der Waals surface area contributed by atoms with Crippen LogP contribution in [0.1, 0.15) is 36.6 Å². The van der Waals surface area contributed by atoms with E-state index in [1.165, 1.54) is 12.3 Å². The second kappa shape index (κ2) is 5.57. The fraction of sp³-hybridized carbons (Fsp3) is 0.250. The summed E-state index contributed by atoms with van der Waals surface area (Å²) in [6.45, 7) is 3.58. The number of pyridine rings is 1. The van der Waals surface area contributed by atoms with E-state index in [2.05, 4.69) is 4.98 Å². The van der Waals surface area contributed by atoms with Gasteiger partial charge in [-0.25, -0.2) is 0 Å². The summed E-state index contributed by atoms with van der Waals surface area (Å²) in [5, 5.41) is 8.87. The molecule has 2 aromatic rings. The molecular weight excluding hydrogens is 277 g/mol. The molecule has 0 aliphatic heterocycles. The molecule has 2 rings (SSSR count).